The summed E-state index contributed by atoms with van der Waals surface area (Å²) in [6, 6.07) is 13.2. The number of benzene rings is 2. The summed E-state index contributed by atoms with van der Waals surface area (Å²) >= 11 is 3.50. The molecule has 1 N–H and O–H groups in total. The summed E-state index contributed by atoms with van der Waals surface area (Å²) in [6.07, 6.45) is 1.87. The summed E-state index contributed by atoms with van der Waals surface area (Å²) < 4.78 is 14.4. The smallest absolute Gasteiger partial charge is 0.123 e. The third kappa shape index (κ3) is 3.60. The third-order valence-electron chi connectivity index (χ3n) is 3.44. The number of nitrogens with one attached hydrogen (secondary N) is 1. The molecule has 3 heteroatoms. The highest BCUT2D eigenvalue weighted by Crippen LogP contribution is 2.27. The molecule has 2 aromatic rings. The van der Waals surface area contributed by atoms with Crippen LogP contribution in [0.3, 0.4) is 0 Å². The molecule has 0 aliphatic heterocycles. The number of hydrogen-bond donors (Lipinski definition) is 1. The average molecular weight is 336 g/mol. The minimum absolute atomic E-state index is 0.122. The van der Waals surface area contributed by atoms with E-state index in [2.05, 4.69) is 47.2 Å². The average Bonchev–Trinajstić information content (AvgIpc) is 2.45. The Bertz CT molecular complexity index is 583. The van der Waals surface area contributed by atoms with Gasteiger partial charge < -0.3 is 5.32 Å². The minimum atomic E-state index is -0.186. The van der Waals surface area contributed by atoms with Crippen LogP contribution >= 0.6 is 15.9 Å². The Morgan fingerprint density at radius 2 is 1.95 bits per heavy atom. The van der Waals surface area contributed by atoms with E-state index >= 15 is 0 Å². The normalized spacial score (nSPS) is 12.2. The van der Waals surface area contributed by atoms with E-state index in [-0.39, 0.29) is 11.9 Å². The molecule has 0 spiro atoms. The predicted octanol–water partition coefficient (Wildman–Crippen LogP) is 5.71. The van der Waals surface area contributed by atoms with E-state index < -0.39 is 0 Å². The van der Waals surface area contributed by atoms with Crippen LogP contribution < -0.4 is 5.32 Å². The fourth-order valence-electron chi connectivity index (χ4n) is 2.33. The molecule has 2 aromatic carbocycles. The van der Waals surface area contributed by atoms with Gasteiger partial charge in [-0.25, -0.2) is 4.39 Å². The Kier molecular flexibility index (Phi) is 5.18. The van der Waals surface area contributed by atoms with Crippen LogP contribution in [0.5, 0.6) is 0 Å². The van der Waals surface area contributed by atoms with E-state index in [1.165, 1.54) is 11.6 Å². The second-order valence-corrected chi connectivity index (χ2v) is 5.73. The van der Waals surface area contributed by atoms with Crippen LogP contribution in [0.25, 0.3) is 0 Å². The fourth-order valence-corrected chi connectivity index (χ4v) is 2.74. The molecule has 0 saturated heterocycles. The monoisotopic (exact) mass is 335 g/mol. The SMILES string of the molecule is CCc1cc(Br)ccc1NC(CC)c1cccc(F)c1. The molecule has 0 aromatic heterocycles. The summed E-state index contributed by atoms with van der Waals surface area (Å²) in [7, 11) is 0. The Morgan fingerprint density at radius 1 is 1.15 bits per heavy atom. The second kappa shape index (κ2) is 6.89. The van der Waals surface area contributed by atoms with Crippen LogP contribution in [0, 0.1) is 5.82 Å². The van der Waals surface area contributed by atoms with Crippen LogP contribution in [0.4, 0.5) is 10.1 Å². The first-order valence-electron chi connectivity index (χ1n) is 6.94. The van der Waals surface area contributed by atoms with Crippen LogP contribution in [-0.2, 0) is 6.42 Å². The summed E-state index contributed by atoms with van der Waals surface area (Å²) in [5, 5.41) is 3.53. The number of rotatable bonds is 5. The molecule has 0 bridgehead atoms. The number of anilines is 1. The summed E-state index contributed by atoms with van der Waals surface area (Å²) in [4.78, 5) is 0. The zero-order chi connectivity index (χ0) is 14.5. The molecular formula is C17H19BrFN. The van der Waals surface area contributed by atoms with E-state index in [1.807, 2.05) is 12.1 Å². The molecule has 1 unspecified atom stereocenters. The molecule has 0 aliphatic rings. The van der Waals surface area contributed by atoms with Gasteiger partial charge in [0.25, 0.3) is 0 Å². The van der Waals surface area contributed by atoms with E-state index in [0.29, 0.717) is 0 Å². The van der Waals surface area contributed by atoms with Crippen molar-refractivity contribution in [2.75, 3.05) is 5.32 Å². The van der Waals surface area contributed by atoms with Crippen LogP contribution in [0.2, 0.25) is 0 Å². The number of halogens is 2. The number of hydrogen-bond acceptors (Lipinski definition) is 1. The van der Waals surface area contributed by atoms with Gasteiger partial charge in [-0.2, -0.15) is 0 Å². The fraction of sp³-hybridized carbons (Fsp3) is 0.294. The molecule has 0 heterocycles. The maximum atomic E-state index is 13.4. The van der Waals surface area contributed by atoms with Crippen molar-refractivity contribution in [1.82, 2.24) is 0 Å². The van der Waals surface area contributed by atoms with Crippen molar-refractivity contribution in [3.05, 3.63) is 63.9 Å². The molecule has 0 saturated carbocycles. The first kappa shape index (κ1) is 15.0. The van der Waals surface area contributed by atoms with E-state index in [4.69, 9.17) is 0 Å². The van der Waals surface area contributed by atoms with Crippen molar-refractivity contribution in [3.63, 3.8) is 0 Å². The quantitative estimate of drug-likeness (QED) is 0.737. The second-order valence-electron chi connectivity index (χ2n) is 4.82. The van der Waals surface area contributed by atoms with Gasteiger partial charge in [-0.1, -0.05) is 41.9 Å². The van der Waals surface area contributed by atoms with Gasteiger partial charge in [-0.05, 0) is 54.3 Å². The van der Waals surface area contributed by atoms with Gasteiger partial charge in [0.05, 0.1) is 6.04 Å². The number of aryl methyl sites for hydroxylation is 1. The Hall–Kier alpha value is -1.35. The van der Waals surface area contributed by atoms with E-state index in [9.17, 15) is 4.39 Å². The molecule has 2 rings (SSSR count). The van der Waals surface area contributed by atoms with Gasteiger partial charge in [-0.3, -0.25) is 0 Å². The maximum absolute atomic E-state index is 13.4. The lowest BCUT2D eigenvalue weighted by molar-refractivity contribution is 0.620. The molecule has 0 radical (unpaired) electrons. The lowest BCUT2D eigenvalue weighted by Crippen LogP contribution is -2.11. The largest absolute Gasteiger partial charge is 0.378 e. The van der Waals surface area contributed by atoms with Crippen molar-refractivity contribution in [3.8, 4) is 0 Å². The van der Waals surface area contributed by atoms with Crippen LogP contribution in [0.1, 0.15) is 37.4 Å². The molecule has 106 valence electrons. The van der Waals surface area contributed by atoms with Crippen molar-refractivity contribution in [2.24, 2.45) is 0 Å². The molecule has 20 heavy (non-hydrogen) atoms. The maximum Gasteiger partial charge on any atom is 0.123 e. The topological polar surface area (TPSA) is 12.0 Å². The van der Waals surface area contributed by atoms with Crippen LogP contribution in [-0.4, -0.2) is 0 Å². The minimum Gasteiger partial charge on any atom is -0.378 e. The van der Waals surface area contributed by atoms with Gasteiger partial charge in [0.2, 0.25) is 0 Å². The Balaban J connectivity index is 2.26. The molecule has 1 atom stereocenters. The van der Waals surface area contributed by atoms with Crippen molar-refractivity contribution >= 4 is 21.6 Å². The zero-order valence-electron chi connectivity index (χ0n) is 11.8. The summed E-state index contributed by atoms with van der Waals surface area (Å²) in [5.74, 6) is -0.186. The van der Waals surface area contributed by atoms with E-state index in [1.54, 1.807) is 12.1 Å². The van der Waals surface area contributed by atoms with Gasteiger partial charge in [0.1, 0.15) is 5.82 Å². The van der Waals surface area contributed by atoms with Gasteiger partial charge in [0, 0.05) is 10.2 Å². The van der Waals surface area contributed by atoms with Gasteiger partial charge in [0.15, 0.2) is 0 Å². The zero-order valence-corrected chi connectivity index (χ0v) is 13.4. The predicted molar refractivity (Wildman–Crippen MR) is 86.6 cm³/mol. The molecule has 0 aliphatic carbocycles. The highest BCUT2D eigenvalue weighted by molar-refractivity contribution is 9.10. The van der Waals surface area contributed by atoms with Gasteiger partial charge in [-0.15, -0.1) is 0 Å². The van der Waals surface area contributed by atoms with E-state index in [0.717, 1.165) is 28.6 Å². The summed E-state index contributed by atoms with van der Waals surface area (Å²) in [5.41, 5.74) is 3.36. The lowest BCUT2D eigenvalue weighted by atomic mass is 10.0. The summed E-state index contributed by atoms with van der Waals surface area (Å²) in [6.45, 7) is 4.24. The Morgan fingerprint density at radius 3 is 2.60 bits per heavy atom. The first-order valence-corrected chi connectivity index (χ1v) is 7.73. The van der Waals surface area contributed by atoms with Crippen LogP contribution in [0.15, 0.2) is 46.9 Å². The third-order valence-corrected chi connectivity index (χ3v) is 3.93. The molecular weight excluding hydrogens is 317 g/mol. The lowest BCUT2D eigenvalue weighted by Gasteiger charge is -2.21. The molecule has 0 amide bonds. The first-order chi connectivity index (χ1) is 9.63. The Labute approximate surface area is 128 Å². The highest BCUT2D eigenvalue weighted by atomic mass is 79.9. The van der Waals surface area contributed by atoms with Gasteiger partial charge >= 0.3 is 0 Å². The molecule has 1 nitrogen and oxygen atoms in total. The highest BCUT2D eigenvalue weighted by Gasteiger charge is 2.11. The molecule has 0 fully saturated rings. The van der Waals surface area contributed by atoms with Crippen molar-refractivity contribution < 1.29 is 4.39 Å². The standard InChI is InChI=1S/C17H19BrFN/c1-3-12-10-14(18)8-9-17(12)20-16(4-2)13-6-5-7-15(19)11-13/h5-11,16,20H,3-4H2,1-2H3. The van der Waals surface area contributed by atoms with Crippen molar-refractivity contribution in [2.45, 2.75) is 32.7 Å². The van der Waals surface area contributed by atoms with Crippen molar-refractivity contribution in [1.29, 1.82) is 0 Å².